The molecule has 0 radical (unpaired) electrons. The molecule has 1 aromatic heterocycles. The number of aromatic nitrogens is 1. The van der Waals surface area contributed by atoms with Gasteiger partial charge in [-0.3, -0.25) is 4.79 Å². The molecule has 7 heteroatoms. The van der Waals surface area contributed by atoms with Crippen LogP contribution in [0.25, 0.3) is 0 Å². The molecule has 2 aromatic rings. The van der Waals surface area contributed by atoms with Crippen LogP contribution in [0.2, 0.25) is 0 Å². The van der Waals surface area contributed by atoms with Crippen molar-refractivity contribution in [2.75, 3.05) is 11.4 Å². The van der Waals surface area contributed by atoms with Crippen LogP contribution in [0.5, 0.6) is 0 Å². The van der Waals surface area contributed by atoms with Gasteiger partial charge in [-0.2, -0.15) is 0 Å². The largest absolute Gasteiger partial charge is 0.495 e. The van der Waals surface area contributed by atoms with Crippen LogP contribution in [-0.4, -0.2) is 35.3 Å². The van der Waals surface area contributed by atoms with E-state index in [0.717, 1.165) is 18.4 Å². The first kappa shape index (κ1) is 21.7. The first-order chi connectivity index (χ1) is 14.8. The summed E-state index contributed by atoms with van der Waals surface area (Å²) in [6.45, 7) is 15.6. The number of hydrogen-bond acceptors (Lipinski definition) is 3. The van der Waals surface area contributed by atoms with E-state index in [2.05, 4.69) is 18.4 Å². The number of nitrogens with zero attached hydrogens (tertiary/aromatic N) is 2. The van der Waals surface area contributed by atoms with Crippen LogP contribution in [0.15, 0.2) is 18.2 Å². The summed E-state index contributed by atoms with van der Waals surface area (Å²) in [6.07, 6.45) is 1.97. The van der Waals surface area contributed by atoms with Gasteiger partial charge in [0, 0.05) is 24.5 Å². The molecule has 0 unspecified atom stereocenters. The van der Waals surface area contributed by atoms with E-state index in [0.29, 0.717) is 29.9 Å². The third-order valence-electron chi connectivity index (χ3n) is 7.81. The molecular weight excluding hydrogens is 406 g/mol. The van der Waals surface area contributed by atoms with Crippen molar-refractivity contribution in [1.29, 1.82) is 0 Å². The summed E-state index contributed by atoms with van der Waals surface area (Å²) in [6, 6.07) is 4.97. The first-order valence-corrected chi connectivity index (χ1v) is 11.5. The molecule has 3 heterocycles. The lowest BCUT2D eigenvalue weighted by atomic mass is 9.75. The van der Waals surface area contributed by atoms with Crippen LogP contribution in [0.1, 0.15) is 68.9 Å². The number of benzene rings is 1. The van der Waals surface area contributed by atoms with E-state index in [1.807, 2.05) is 40.7 Å². The van der Waals surface area contributed by atoms with Crippen LogP contribution in [-0.2, 0) is 28.7 Å². The maximum absolute atomic E-state index is 14.8. The molecule has 3 aliphatic rings. The summed E-state index contributed by atoms with van der Waals surface area (Å²) in [4.78, 5) is 15.2. The minimum Gasteiger partial charge on any atom is -0.399 e. The quantitative estimate of drug-likeness (QED) is 0.666. The molecule has 1 saturated heterocycles. The molecule has 170 valence electrons. The van der Waals surface area contributed by atoms with Gasteiger partial charge >= 0.3 is 7.12 Å². The van der Waals surface area contributed by atoms with Crippen LogP contribution < -0.4 is 10.4 Å². The third kappa shape index (κ3) is 3.16. The third-order valence-corrected chi connectivity index (χ3v) is 7.81. The average molecular weight is 438 g/mol. The number of fused-ring (bicyclic) bond motifs is 3. The second-order valence-corrected chi connectivity index (χ2v) is 11.4. The summed E-state index contributed by atoms with van der Waals surface area (Å²) in [5, 5.41) is 0. The Morgan fingerprint density at radius 2 is 1.62 bits per heavy atom. The van der Waals surface area contributed by atoms with Crippen LogP contribution >= 0.6 is 0 Å². The zero-order valence-electron chi connectivity index (χ0n) is 20.1. The van der Waals surface area contributed by atoms with E-state index >= 15 is 0 Å². The maximum atomic E-state index is 14.8. The monoisotopic (exact) mass is 438 g/mol. The first-order valence-electron chi connectivity index (χ1n) is 11.5. The summed E-state index contributed by atoms with van der Waals surface area (Å²) in [7, 11) is -0.677. The Morgan fingerprint density at radius 1 is 0.969 bits per heavy atom. The van der Waals surface area contributed by atoms with Gasteiger partial charge < -0.3 is 18.8 Å². The Labute approximate surface area is 190 Å². The number of halogens is 1. The highest BCUT2D eigenvalue weighted by molar-refractivity contribution is 6.62. The van der Waals surface area contributed by atoms with E-state index < -0.39 is 24.1 Å². The van der Waals surface area contributed by atoms with Gasteiger partial charge in [0.25, 0.3) is 5.91 Å². The maximum Gasteiger partial charge on any atom is 0.495 e. The molecule has 1 amide bonds. The van der Waals surface area contributed by atoms with Crippen LogP contribution in [0, 0.1) is 18.2 Å². The highest BCUT2D eigenvalue weighted by atomic mass is 19.1. The lowest BCUT2D eigenvalue weighted by Gasteiger charge is -2.32. The summed E-state index contributed by atoms with van der Waals surface area (Å²) in [5.41, 5.74) is 4.50. The predicted octanol–water partition coefficient (Wildman–Crippen LogP) is 4.02. The Bertz CT molecular complexity index is 1120. The van der Waals surface area contributed by atoms with Gasteiger partial charge in [-0.1, -0.05) is 13.8 Å². The highest BCUT2D eigenvalue weighted by Gasteiger charge is 2.52. The van der Waals surface area contributed by atoms with E-state index in [-0.39, 0.29) is 11.3 Å². The van der Waals surface area contributed by atoms with Crippen molar-refractivity contribution in [2.24, 2.45) is 5.41 Å². The van der Waals surface area contributed by atoms with Crippen molar-refractivity contribution < 1.29 is 18.5 Å². The number of amides is 1. The molecule has 0 spiro atoms. The van der Waals surface area contributed by atoms with Crippen molar-refractivity contribution in [3.05, 3.63) is 46.5 Å². The summed E-state index contributed by atoms with van der Waals surface area (Å²) in [5.74, 6) is -0.467. The lowest BCUT2D eigenvalue weighted by Crippen LogP contribution is -2.43. The van der Waals surface area contributed by atoms with Gasteiger partial charge in [0.15, 0.2) is 0 Å². The number of anilines is 1. The van der Waals surface area contributed by atoms with E-state index in [1.54, 1.807) is 4.90 Å². The van der Waals surface area contributed by atoms with E-state index in [4.69, 9.17) is 9.31 Å². The Hall–Kier alpha value is -2.12. The normalized spacial score (nSPS) is 22.9. The second kappa shape index (κ2) is 6.70. The van der Waals surface area contributed by atoms with Gasteiger partial charge in [-0.05, 0) is 87.7 Å². The number of carbonyl (C=O) groups excluding carboxylic acids is 1. The van der Waals surface area contributed by atoms with Gasteiger partial charge in [0.2, 0.25) is 0 Å². The molecule has 0 saturated carbocycles. The minimum atomic E-state index is -0.677. The SMILES string of the molecule is Cc1c(B2OC(C)(C)C(C)(C)O2)cc(F)cc1N1CCn2c(cc3c2CC(C)(C)C3)C1=O. The Morgan fingerprint density at radius 3 is 2.28 bits per heavy atom. The molecule has 32 heavy (non-hydrogen) atoms. The molecule has 2 aliphatic heterocycles. The van der Waals surface area contributed by atoms with E-state index in [9.17, 15) is 9.18 Å². The number of hydrogen-bond donors (Lipinski definition) is 0. The molecule has 1 aliphatic carbocycles. The molecule has 5 rings (SSSR count). The minimum absolute atomic E-state index is 0.0722. The Balaban J connectivity index is 1.50. The van der Waals surface area contributed by atoms with Crippen molar-refractivity contribution in [3.63, 3.8) is 0 Å². The topological polar surface area (TPSA) is 43.7 Å². The average Bonchev–Trinajstić information content (AvgIpc) is 3.22. The molecule has 0 bridgehead atoms. The van der Waals surface area contributed by atoms with Crippen LogP contribution in [0.4, 0.5) is 10.1 Å². The number of carbonyl (C=O) groups is 1. The number of rotatable bonds is 2. The smallest absolute Gasteiger partial charge is 0.399 e. The summed E-state index contributed by atoms with van der Waals surface area (Å²) >= 11 is 0. The highest BCUT2D eigenvalue weighted by Crippen LogP contribution is 2.40. The fraction of sp³-hybridized carbons (Fsp3) is 0.560. The molecule has 1 aromatic carbocycles. The fourth-order valence-corrected chi connectivity index (χ4v) is 5.32. The fourth-order valence-electron chi connectivity index (χ4n) is 5.32. The van der Waals surface area contributed by atoms with Gasteiger partial charge in [0.1, 0.15) is 11.5 Å². The standard InChI is InChI=1S/C25H32BFN2O3/c1-15-18(26-31-24(4,5)25(6,7)32-26)11-17(27)12-19(15)29-9-8-28-20(22(29)30)10-16-13-23(2,3)14-21(16)28/h10-12H,8-9,13-14H2,1-7H3. The van der Waals surface area contributed by atoms with Gasteiger partial charge in [0.05, 0.1) is 11.2 Å². The summed E-state index contributed by atoms with van der Waals surface area (Å²) < 4.78 is 29.3. The van der Waals surface area contributed by atoms with Gasteiger partial charge in [-0.25, -0.2) is 4.39 Å². The second-order valence-electron chi connectivity index (χ2n) is 11.4. The molecule has 5 nitrogen and oxygen atoms in total. The zero-order valence-corrected chi connectivity index (χ0v) is 20.1. The van der Waals surface area contributed by atoms with Crippen molar-refractivity contribution in [2.45, 2.75) is 79.1 Å². The lowest BCUT2D eigenvalue weighted by molar-refractivity contribution is 0.00578. The zero-order chi connectivity index (χ0) is 23.2. The molecule has 1 fully saturated rings. The Kier molecular flexibility index (Phi) is 4.55. The molecule has 0 N–H and O–H groups in total. The van der Waals surface area contributed by atoms with Crippen molar-refractivity contribution in [1.82, 2.24) is 4.57 Å². The van der Waals surface area contributed by atoms with Gasteiger partial charge in [-0.15, -0.1) is 0 Å². The predicted molar refractivity (Wildman–Crippen MR) is 124 cm³/mol. The van der Waals surface area contributed by atoms with Crippen molar-refractivity contribution >= 4 is 24.2 Å². The van der Waals surface area contributed by atoms with Crippen LogP contribution in [0.3, 0.4) is 0 Å². The van der Waals surface area contributed by atoms with E-state index in [1.165, 1.54) is 23.4 Å². The molecule has 0 atom stereocenters. The van der Waals surface area contributed by atoms with Crippen molar-refractivity contribution in [3.8, 4) is 0 Å². The molecular formula is C25H32BFN2O3.